The largest absolute Gasteiger partial charge is 0.339 e. The molecule has 0 saturated carbocycles. The predicted molar refractivity (Wildman–Crippen MR) is 70.3 cm³/mol. The molecule has 0 aliphatic carbocycles. The maximum atomic E-state index is 12.3. The summed E-state index contributed by atoms with van der Waals surface area (Å²) in [6.07, 6.45) is 2.04. The lowest BCUT2D eigenvalue weighted by Gasteiger charge is -2.21. The van der Waals surface area contributed by atoms with Gasteiger partial charge in [-0.25, -0.2) is 0 Å². The summed E-state index contributed by atoms with van der Waals surface area (Å²) in [5.74, 6) is 0.200. The summed E-state index contributed by atoms with van der Waals surface area (Å²) in [7, 11) is 0. The fourth-order valence-electron chi connectivity index (χ4n) is 1.87. The summed E-state index contributed by atoms with van der Waals surface area (Å²) in [4.78, 5) is 16.6. The van der Waals surface area contributed by atoms with Crippen LogP contribution in [0, 0.1) is 13.8 Å². The van der Waals surface area contributed by atoms with Gasteiger partial charge in [-0.2, -0.15) is 0 Å². The molecular formula is C13H21NOS. The van der Waals surface area contributed by atoms with E-state index in [1.165, 1.54) is 4.88 Å². The lowest BCUT2D eigenvalue weighted by atomic mass is 10.2. The van der Waals surface area contributed by atoms with Crippen molar-refractivity contribution in [2.24, 2.45) is 0 Å². The fourth-order valence-corrected chi connectivity index (χ4v) is 2.78. The van der Waals surface area contributed by atoms with Crippen LogP contribution in [0.1, 0.15) is 46.8 Å². The lowest BCUT2D eigenvalue weighted by molar-refractivity contribution is 0.0755. The summed E-state index contributed by atoms with van der Waals surface area (Å²) >= 11 is 1.70. The Kier molecular flexibility index (Phi) is 5.00. The highest BCUT2D eigenvalue weighted by Gasteiger charge is 2.17. The first kappa shape index (κ1) is 13.2. The second kappa shape index (κ2) is 6.04. The molecule has 0 fully saturated rings. The van der Waals surface area contributed by atoms with E-state index in [0.29, 0.717) is 0 Å². The maximum absolute atomic E-state index is 12.3. The van der Waals surface area contributed by atoms with E-state index in [1.54, 1.807) is 11.3 Å². The van der Waals surface area contributed by atoms with E-state index < -0.39 is 0 Å². The van der Waals surface area contributed by atoms with E-state index in [0.717, 1.165) is 36.4 Å². The van der Waals surface area contributed by atoms with E-state index in [-0.39, 0.29) is 5.91 Å². The van der Waals surface area contributed by atoms with Gasteiger partial charge in [0.2, 0.25) is 0 Å². The Balaban J connectivity index is 2.85. The van der Waals surface area contributed by atoms with Crippen molar-refractivity contribution in [2.75, 3.05) is 13.1 Å². The van der Waals surface area contributed by atoms with Crippen molar-refractivity contribution in [1.82, 2.24) is 4.90 Å². The molecule has 1 aromatic rings. The third kappa shape index (κ3) is 3.08. The van der Waals surface area contributed by atoms with Crippen LogP contribution in [0.2, 0.25) is 0 Å². The molecule has 1 aromatic heterocycles. The second-order valence-corrected chi connectivity index (χ2v) is 5.58. The van der Waals surface area contributed by atoms with Gasteiger partial charge in [0.15, 0.2) is 0 Å². The van der Waals surface area contributed by atoms with E-state index in [9.17, 15) is 4.79 Å². The number of carbonyl (C=O) groups is 1. The van der Waals surface area contributed by atoms with Crippen LogP contribution in [0.15, 0.2) is 6.07 Å². The molecule has 90 valence electrons. The molecule has 1 amide bonds. The number of amides is 1. The van der Waals surface area contributed by atoms with Crippen LogP contribution in [0.5, 0.6) is 0 Å². The molecule has 0 aliphatic rings. The predicted octanol–water partition coefficient (Wildman–Crippen LogP) is 3.63. The van der Waals surface area contributed by atoms with Gasteiger partial charge in [0.05, 0.1) is 5.56 Å². The maximum Gasteiger partial charge on any atom is 0.254 e. The summed E-state index contributed by atoms with van der Waals surface area (Å²) in [5, 5.41) is 0. The summed E-state index contributed by atoms with van der Waals surface area (Å²) < 4.78 is 0. The van der Waals surface area contributed by atoms with E-state index in [4.69, 9.17) is 0 Å². The number of hydrogen-bond donors (Lipinski definition) is 0. The number of hydrogen-bond acceptors (Lipinski definition) is 2. The van der Waals surface area contributed by atoms with Gasteiger partial charge in [0.25, 0.3) is 5.91 Å². The van der Waals surface area contributed by atoms with E-state index in [2.05, 4.69) is 20.8 Å². The van der Waals surface area contributed by atoms with Crippen LogP contribution in [0.25, 0.3) is 0 Å². The number of carbonyl (C=O) groups excluding carboxylic acids is 1. The highest BCUT2D eigenvalue weighted by atomic mass is 32.1. The molecule has 0 aliphatic heterocycles. The minimum atomic E-state index is 0.200. The minimum Gasteiger partial charge on any atom is -0.339 e. The van der Waals surface area contributed by atoms with Gasteiger partial charge in [-0.05, 0) is 32.8 Å². The molecule has 0 atom stereocenters. The van der Waals surface area contributed by atoms with Crippen LogP contribution in [-0.2, 0) is 0 Å². The Morgan fingerprint density at radius 3 is 2.19 bits per heavy atom. The smallest absolute Gasteiger partial charge is 0.254 e. The quantitative estimate of drug-likeness (QED) is 0.768. The first-order chi connectivity index (χ1) is 7.60. The number of rotatable bonds is 5. The summed E-state index contributed by atoms with van der Waals surface area (Å²) in [5.41, 5.74) is 0.893. The highest BCUT2D eigenvalue weighted by molar-refractivity contribution is 7.12. The van der Waals surface area contributed by atoms with Gasteiger partial charge in [-0.15, -0.1) is 11.3 Å². The van der Waals surface area contributed by atoms with Crippen molar-refractivity contribution in [2.45, 2.75) is 40.5 Å². The number of thiophene rings is 1. The molecule has 16 heavy (non-hydrogen) atoms. The lowest BCUT2D eigenvalue weighted by Crippen LogP contribution is -2.32. The Morgan fingerprint density at radius 1 is 1.25 bits per heavy atom. The average molecular weight is 239 g/mol. The van der Waals surface area contributed by atoms with E-state index >= 15 is 0 Å². The van der Waals surface area contributed by atoms with Gasteiger partial charge in [-0.3, -0.25) is 4.79 Å². The molecular weight excluding hydrogens is 218 g/mol. The third-order valence-electron chi connectivity index (χ3n) is 2.55. The zero-order chi connectivity index (χ0) is 12.1. The summed E-state index contributed by atoms with van der Waals surface area (Å²) in [6, 6.07) is 2.01. The number of nitrogens with zero attached hydrogens (tertiary/aromatic N) is 1. The normalized spacial score (nSPS) is 10.5. The van der Waals surface area contributed by atoms with E-state index in [1.807, 2.05) is 17.9 Å². The van der Waals surface area contributed by atoms with Crippen molar-refractivity contribution in [3.8, 4) is 0 Å². The molecule has 2 nitrogen and oxygen atoms in total. The van der Waals surface area contributed by atoms with Crippen molar-refractivity contribution in [3.05, 3.63) is 21.4 Å². The highest BCUT2D eigenvalue weighted by Crippen LogP contribution is 2.22. The molecule has 0 radical (unpaired) electrons. The topological polar surface area (TPSA) is 20.3 Å². The van der Waals surface area contributed by atoms with Gasteiger partial charge >= 0.3 is 0 Å². The Labute approximate surface area is 102 Å². The molecule has 1 rings (SSSR count). The van der Waals surface area contributed by atoms with Crippen LogP contribution < -0.4 is 0 Å². The molecule has 0 saturated heterocycles. The number of aryl methyl sites for hydroxylation is 2. The minimum absolute atomic E-state index is 0.200. The zero-order valence-electron chi connectivity index (χ0n) is 10.7. The van der Waals surface area contributed by atoms with Crippen LogP contribution in [0.4, 0.5) is 0 Å². The molecule has 0 spiro atoms. The SMILES string of the molecule is CCCN(CCC)C(=O)c1cc(C)sc1C. The van der Waals surface area contributed by atoms with Gasteiger partial charge in [0.1, 0.15) is 0 Å². The fraction of sp³-hybridized carbons (Fsp3) is 0.615. The van der Waals surface area contributed by atoms with Crippen molar-refractivity contribution in [3.63, 3.8) is 0 Å². The Bertz CT molecular complexity index is 351. The van der Waals surface area contributed by atoms with Gasteiger partial charge in [0, 0.05) is 22.8 Å². The standard InChI is InChI=1S/C13H21NOS/c1-5-7-14(8-6-2)13(15)12-9-10(3)16-11(12)4/h9H,5-8H2,1-4H3. The average Bonchev–Trinajstić information content (AvgIpc) is 2.56. The van der Waals surface area contributed by atoms with Crippen LogP contribution >= 0.6 is 11.3 Å². The first-order valence-electron chi connectivity index (χ1n) is 5.96. The molecule has 1 heterocycles. The summed E-state index contributed by atoms with van der Waals surface area (Å²) in [6.45, 7) is 10.0. The van der Waals surface area contributed by atoms with Crippen molar-refractivity contribution in [1.29, 1.82) is 0 Å². The zero-order valence-corrected chi connectivity index (χ0v) is 11.5. The second-order valence-electron chi connectivity index (χ2n) is 4.12. The third-order valence-corrected chi connectivity index (χ3v) is 3.51. The first-order valence-corrected chi connectivity index (χ1v) is 6.78. The van der Waals surface area contributed by atoms with Crippen LogP contribution in [0.3, 0.4) is 0 Å². The van der Waals surface area contributed by atoms with Crippen molar-refractivity contribution >= 4 is 17.2 Å². The molecule has 0 N–H and O–H groups in total. The van der Waals surface area contributed by atoms with Gasteiger partial charge < -0.3 is 4.90 Å². The van der Waals surface area contributed by atoms with Gasteiger partial charge in [-0.1, -0.05) is 13.8 Å². The Morgan fingerprint density at radius 2 is 1.81 bits per heavy atom. The molecule has 0 bridgehead atoms. The molecule has 0 unspecified atom stereocenters. The van der Waals surface area contributed by atoms with Crippen LogP contribution in [-0.4, -0.2) is 23.9 Å². The monoisotopic (exact) mass is 239 g/mol. The molecule has 3 heteroatoms. The molecule has 0 aromatic carbocycles. The Hall–Kier alpha value is -0.830. The van der Waals surface area contributed by atoms with Crippen molar-refractivity contribution < 1.29 is 4.79 Å².